The Kier molecular flexibility index (Phi) is 3.57. The zero-order chi connectivity index (χ0) is 14.8. The van der Waals surface area contributed by atoms with E-state index in [1.165, 1.54) is 12.1 Å². The summed E-state index contributed by atoms with van der Waals surface area (Å²) in [5.41, 5.74) is -1.23. The quantitative estimate of drug-likeness (QED) is 0.784. The van der Waals surface area contributed by atoms with Crippen molar-refractivity contribution in [3.05, 3.63) is 29.6 Å². The van der Waals surface area contributed by atoms with Gasteiger partial charge in [-0.2, -0.15) is 5.26 Å². The smallest absolute Gasteiger partial charge is 0.329 e. The Labute approximate surface area is 114 Å². The summed E-state index contributed by atoms with van der Waals surface area (Å²) in [6.07, 6.45) is 1.43. The molecule has 0 spiro atoms. The predicted molar refractivity (Wildman–Crippen MR) is 67.5 cm³/mol. The fourth-order valence-electron chi connectivity index (χ4n) is 1.98. The largest absolute Gasteiger partial charge is 0.480 e. The van der Waals surface area contributed by atoms with E-state index in [0.29, 0.717) is 12.8 Å². The second-order valence-corrected chi connectivity index (χ2v) is 4.63. The molecule has 3 N–H and O–H groups in total. The normalized spacial score (nSPS) is 15.6. The summed E-state index contributed by atoms with van der Waals surface area (Å²) < 4.78 is 13.6. The SMILES string of the molecule is N#Cc1ccc(NC(=O)NC2(C(=O)O)CCC2)c(F)c1. The number of amides is 2. The molecule has 0 radical (unpaired) electrons. The summed E-state index contributed by atoms with van der Waals surface area (Å²) in [6.45, 7) is 0. The van der Waals surface area contributed by atoms with Gasteiger partial charge in [-0.1, -0.05) is 0 Å². The van der Waals surface area contributed by atoms with Gasteiger partial charge in [0.15, 0.2) is 0 Å². The molecular weight excluding hydrogens is 265 g/mol. The van der Waals surface area contributed by atoms with E-state index in [1.54, 1.807) is 6.07 Å². The van der Waals surface area contributed by atoms with Crippen molar-refractivity contribution in [1.29, 1.82) is 5.26 Å². The molecule has 0 aliphatic heterocycles. The third-order valence-corrected chi connectivity index (χ3v) is 3.32. The van der Waals surface area contributed by atoms with Crippen LogP contribution in [0.25, 0.3) is 0 Å². The molecule has 0 saturated heterocycles. The van der Waals surface area contributed by atoms with Gasteiger partial charge in [-0.05, 0) is 37.5 Å². The van der Waals surface area contributed by atoms with Crippen molar-refractivity contribution in [3.8, 4) is 6.07 Å². The van der Waals surface area contributed by atoms with Crippen LogP contribution in [0.1, 0.15) is 24.8 Å². The van der Waals surface area contributed by atoms with Crippen LogP contribution in [0.3, 0.4) is 0 Å². The number of nitrogens with zero attached hydrogens (tertiary/aromatic N) is 1. The van der Waals surface area contributed by atoms with Gasteiger partial charge in [-0.25, -0.2) is 14.0 Å². The molecule has 0 aromatic heterocycles. The third-order valence-electron chi connectivity index (χ3n) is 3.32. The molecular formula is C13H12FN3O3. The van der Waals surface area contributed by atoms with E-state index in [9.17, 15) is 14.0 Å². The molecule has 2 rings (SSSR count). The molecule has 20 heavy (non-hydrogen) atoms. The maximum atomic E-state index is 13.6. The van der Waals surface area contributed by atoms with E-state index in [4.69, 9.17) is 10.4 Å². The van der Waals surface area contributed by atoms with Gasteiger partial charge in [0.1, 0.15) is 11.4 Å². The maximum Gasteiger partial charge on any atom is 0.329 e. The molecule has 1 saturated carbocycles. The number of benzene rings is 1. The molecule has 1 aromatic rings. The van der Waals surface area contributed by atoms with Crippen LogP contribution < -0.4 is 10.6 Å². The van der Waals surface area contributed by atoms with Gasteiger partial charge in [-0.15, -0.1) is 0 Å². The first-order valence-corrected chi connectivity index (χ1v) is 5.99. The number of urea groups is 1. The van der Waals surface area contributed by atoms with Gasteiger partial charge < -0.3 is 15.7 Å². The van der Waals surface area contributed by atoms with Crippen LogP contribution in [-0.4, -0.2) is 22.6 Å². The summed E-state index contributed by atoms with van der Waals surface area (Å²) in [5, 5.41) is 22.3. The third kappa shape index (κ3) is 2.54. The minimum atomic E-state index is -1.26. The Morgan fingerprint density at radius 2 is 2.10 bits per heavy atom. The highest BCUT2D eigenvalue weighted by Crippen LogP contribution is 2.32. The second kappa shape index (κ2) is 5.17. The number of carboxylic acid groups (broad SMARTS) is 1. The van der Waals surface area contributed by atoms with Crippen molar-refractivity contribution >= 4 is 17.7 Å². The fourth-order valence-corrected chi connectivity index (χ4v) is 1.98. The summed E-state index contributed by atoms with van der Waals surface area (Å²) in [5.74, 6) is -1.85. The number of hydrogen-bond donors (Lipinski definition) is 3. The van der Waals surface area contributed by atoms with Gasteiger partial charge in [0.2, 0.25) is 0 Å². The molecule has 6 nitrogen and oxygen atoms in total. The first-order chi connectivity index (χ1) is 9.47. The number of carbonyl (C=O) groups excluding carboxylic acids is 1. The molecule has 0 heterocycles. The first kappa shape index (κ1) is 13.8. The Morgan fingerprint density at radius 1 is 1.40 bits per heavy atom. The number of hydrogen-bond acceptors (Lipinski definition) is 3. The van der Waals surface area contributed by atoms with Crippen molar-refractivity contribution in [1.82, 2.24) is 5.32 Å². The minimum absolute atomic E-state index is 0.110. The number of aliphatic carboxylic acids is 1. The average Bonchev–Trinajstić information content (AvgIpc) is 2.35. The molecule has 104 valence electrons. The number of nitriles is 1. The van der Waals surface area contributed by atoms with E-state index in [0.717, 1.165) is 12.5 Å². The van der Waals surface area contributed by atoms with Crippen LogP contribution in [0.4, 0.5) is 14.9 Å². The first-order valence-electron chi connectivity index (χ1n) is 5.99. The average molecular weight is 277 g/mol. The van der Waals surface area contributed by atoms with Crippen molar-refractivity contribution in [3.63, 3.8) is 0 Å². The van der Waals surface area contributed by atoms with E-state index in [2.05, 4.69) is 10.6 Å². The van der Waals surface area contributed by atoms with Crippen LogP contribution in [0.5, 0.6) is 0 Å². The lowest BCUT2D eigenvalue weighted by molar-refractivity contribution is -0.148. The number of anilines is 1. The topological polar surface area (TPSA) is 102 Å². The lowest BCUT2D eigenvalue weighted by atomic mass is 9.77. The highest BCUT2D eigenvalue weighted by atomic mass is 19.1. The summed E-state index contributed by atoms with van der Waals surface area (Å²) in [6, 6.07) is 4.59. The second-order valence-electron chi connectivity index (χ2n) is 4.63. The number of carbonyl (C=O) groups is 2. The molecule has 1 aromatic carbocycles. The maximum absolute atomic E-state index is 13.6. The number of halogens is 1. The zero-order valence-corrected chi connectivity index (χ0v) is 10.4. The standard InChI is InChI=1S/C13H12FN3O3/c14-9-6-8(7-15)2-3-10(9)16-12(20)17-13(11(18)19)4-1-5-13/h2-3,6H,1,4-5H2,(H,18,19)(H2,16,17,20). The molecule has 0 bridgehead atoms. The molecule has 0 atom stereocenters. The monoisotopic (exact) mass is 277 g/mol. The van der Waals surface area contributed by atoms with Crippen molar-refractivity contribution in [2.75, 3.05) is 5.32 Å². The summed E-state index contributed by atoms with van der Waals surface area (Å²) in [7, 11) is 0. The molecule has 7 heteroatoms. The Hall–Kier alpha value is -2.62. The Balaban J connectivity index is 2.05. The number of nitrogens with one attached hydrogen (secondary N) is 2. The van der Waals surface area contributed by atoms with Gasteiger partial charge in [-0.3, -0.25) is 0 Å². The van der Waals surface area contributed by atoms with Crippen LogP contribution in [0, 0.1) is 17.1 Å². The predicted octanol–water partition coefficient (Wildman–Crippen LogP) is 1.83. The van der Waals surface area contributed by atoms with Crippen LogP contribution in [-0.2, 0) is 4.79 Å². The van der Waals surface area contributed by atoms with Gasteiger partial charge in [0.05, 0.1) is 17.3 Å². The lowest BCUT2D eigenvalue weighted by Gasteiger charge is -2.38. The van der Waals surface area contributed by atoms with Crippen molar-refractivity contribution < 1.29 is 19.1 Å². The number of rotatable bonds is 3. The van der Waals surface area contributed by atoms with Crippen LogP contribution in [0.2, 0.25) is 0 Å². The fraction of sp³-hybridized carbons (Fsp3) is 0.308. The molecule has 0 unspecified atom stereocenters. The van der Waals surface area contributed by atoms with E-state index in [-0.39, 0.29) is 11.3 Å². The molecule has 1 aliphatic rings. The minimum Gasteiger partial charge on any atom is -0.480 e. The Bertz CT molecular complexity index is 605. The Morgan fingerprint density at radius 3 is 2.55 bits per heavy atom. The summed E-state index contributed by atoms with van der Waals surface area (Å²) in [4.78, 5) is 22.8. The van der Waals surface area contributed by atoms with Gasteiger partial charge in [0, 0.05) is 0 Å². The van der Waals surface area contributed by atoms with Crippen molar-refractivity contribution in [2.45, 2.75) is 24.8 Å². The highest BCUT2D eigenvalue weighted by molar-refractivity contribution is 5.94. The summed E-state index contributed by atoms with van der Waals surface area (Å²) >= 11 is 0. The number of carboxylic acids is 1. The molecule has 1 fully saturated rings. The van der Waals surface area contributed by atoms with Crippen LogP contribution >= 0.6 is 0 Å². The van der Waals surface area contributed by atoms with E-state index in [1.807, 2.05) is 0 Å². The van der Waals surface area contributed by atoms with E-state index >= 15 is 0 Å². The van der Waals surface area contributed by atoms with Gasteiger partial charge in [0.25, 0.3) is 0 Å². The van der Waals surface area contributed by atoms with Crippen molar-refractivity contribution in [2.24, 2.45) is 0 Å². The lowest BCUT2D eigenvalue weighted by Crippen LogP contribution is -2.60. The van der Waals surface area contributed by atoms with Crippen LogP contribution in [0.15, 0.2) is 18.2 Å². The highest BCUT2D eigenvalue weighted by Gasteiger charge is 2.45. The zero-order valence-electron chi connectivity index (χ0n) is 10.4. The molecule has 1 aliphatic carbocycles. The van der Waals surface area contributed by atoms with E-state index < -0.39 is 23.4 Å². The van der Waals surface area contributed by atoms with Gasteiger partial charge >= 0.3 is 12.0 Å². The molecule has 2 amide bonds.